The molecule has 2 aliphatic rings. The summed E-state index contributed by atoms with van der Waals surface area (Å²) in [5, 5.41) is 3.65. The predicted octanol–water partition coefficient (Wildman–Crippen LogP) is 3.97. The van der Waals surface area contributed by atoms with Crippen molar-refractivity contribution in [2.45, 2.75) is 84.5 Å². The highest BCUT2D eigenvalue weighted by atomic mass is 127. The number of aliphatic imine (C=N–C) groups is 1. The molecule has 2 fully saturated rings. The normalized spacial score (nSPS) is 23.9. The van der Waals surface area contributed by atoms with E-state index < -0.39 is 0 Å². The van der Waals surface area contributed by atoms with Crippen LogP contribution in [0.4, 0.5) is 0 Å². The maximum atomic E-state index is 6.15. The number of rotatable bonds is 4. The van der Waals surface area contributed by atoms with E-state index in [1.165, 1.54) is 25.9 Å². The van der Waals surface area contributed by atoms with E-state index in [9.17, 15) is 0 Å². The highest BCUT2D eigenvalue weighted by Gasteiger charge is 2.31. The number of nitrogens with one attached hydrogen (secondary N) is 1. The van der Waals surface area contributed by atoms with Crippen LogP contribution < -0.4 is 5.32 Å². The lowest BCUT2D eigenvalue weighted by Crippen LogP contribution is -2.57. The van der Waals surface area contributed by atoms with Crippen molar-refractivity contribution in [3.63, 3.8) is 0 Å². The smallest absolute Gasteiger partial charge is 0.193 e. The minimum atomic E-state index is -0.0532. The molecule has 1 unspecified atom stereocenters. The summed E-state index contributed by atoms with van der Waals surface area (Å²) in [6.07, 6.45) is 5.21. The average molecular weight is 495 g/mol. The summed E-state index contributed by atoms with van der Waals surface area (Å²) in [5.74, 6) is 1.85. The molecule has 1 N–H and O–H groups in total. The summed E-state index contributed by atoms with van der Waals surface area (Å²) in [4.78, 5) is 9.58. The summed E-state index contributed by atoms with van der Waals surface area (Å²) in [6.45, 7) is 18.9. The Morgan fingerprint density at radius 3 is 2.22 bits per heavy atom. The molecule has 2 aliphatic heterocycles. The van der Waals surface area contributed by atoms with Gasteiger partial charge in [0.05, 0.1) is 11.7 Å². The molecule has 0 aliphatic carbocycles. The quantitative estimate of drug-likeness (QED) is 0.365. The van der Waals surface area contributed by atoms with Crippen LogP contribution in [0.5, 0.6) is 0 Å². The monoisotopic (exact) mass is 494 g/mol. The van der Waals surface area contributed by atoms with Gasteiger partial charge in [0, 0.05) is 38.8 Å². The highest BCUT2D eigenvalue weighted by Crippen LogP contribution is 2.24. The Balaban J connectivity index is 0.00000364. The molecule has 0 saturated carbocycles. The summed E-state index contributed by atoms with van der Waals surface area (Å²) >= 11 is 0. The van der Waals surface area contributed by atoms with Crippen LogP contribution in [0.15, 0.2) is 4.99 Å². The van der Waals surface area contributed by atoms with Crippen molar-refractivity contribution in [2.75, 3.05) is 39.8 Å². The molecule has 6 heteroatoms. The van der Waals surface area contributed by atoms with Crippen LogP contribution in [0, 0.1) is 5.92 Å². The Labute approximate surface area is 184 Å². The zero-order valence-electron chi connectivity index (χ0n) is 18.7. The number of halogens is 1. The van der Waals surface area contributed by atoms with Crippen molar-refractivity contribution >= 4 is 29.9 Å². The number of hydrogen-bond acceptors (Lipinski definition) is 3. The summed E-state index contributed by atoms with van der Waals surface area (Å²) in [7, 11) is 1.90. The van der Waals surface area contributed by atoms with Gasteiger partial charge in [0.2, 0.25) is 0 Å². The van der Waals surface area contributed by atoms with Crippen molar-refractivity contribution in [1.29, 1.82) is 0 Å². The van der Waals surface area contributed by atoms with E-state index in [0.29, 0.717) is 6.10 Å². The number of likely N-dealkylation sites (tertiary alicyclic amines) is 2. The van der Waals surface area contributed by atoms with Gasteiger partial charge in [0.25, 0.3) is 0 Å². The number of piperidine rings is 2. The molecular weight excluding hydrogens is 451 g/mol. The van der Waals surface area contributed by atoms with Crippen molar-refractivity contribution in [1.82, 2.24) is 15.1 Å². The molecule has 160 valence electrons. The second-order valence-electron chi connectivity index (χ2n) is 9.82. The Kier molecular flexibility index (Phi) is 9.82. The lowest BCUT2D eigenvalue weighted by molar-refractivity contribution is -0.0773. The summed E-state index contributed by atoms with van der Waals surface area (Å²) in [6, 6.07) is 0. The summed E-state index contributed by atoms with van der Waals surface area (Å²) in [5.41, 5.74) is 0.0979. The molecule has 0 aromatic rings. The van der Waals surface area contributed by atoms with E-state index in [4.69, 9.17) is 4.74 Å². The van der Waals surface area contributed by atoms with Crippen molar-refractivity contribution in [2.24, 2.45) is 10.9 Å². The molecule has 0 spiro atoms. The first-order valence-corrected chi connectivity index (χ1v) is 10.5. The molecule has 2 saturated heterocycles. The minimum absolute atomic E-state index is 0. The van der Waals surface area contributed by atoms with Crippen molar-refractivity contribution < 1.29 is 4.74 Å². The van der Waals surface area contributed by atoms with Gasteiger partial charge in [0.1, 0.15) is 0 Å². The molecule has 27 heavy (non-hydrogen) atoms. The van der Waals surface area contributed by atoms with Crippen LogP contribution in [0.1, 0.15) is 67.2 Å². The molecule has 2 rings (SSSR count). The number of guanidine groups is 1. The SMILES string of the molecule is CN=C(NCC(C)(C)N1CCCC(C)C1)N1CCC(OC(C)(C)C)CC1.I. The van der Waals surface area contributed by atoms with E-state index in [1.807, 2.05) is 7.05 Å². The van der Waals surface area contributed by atoms with E-state index in [0.717, 1.165) is 44.4 Å². The van der Waals surface area contributed by atoms with Crippen LogP contribution in [-0.2, 0) is 4.74 Å². The summed E-state index contributed by atoms with van der Waals surface area (Å²) < 4.78 is 6.15. The first kappa shape index (κ1) is 25.0. The molecule has 5 nitrogen and oxygen atoms in total. The topological polar surface area (TPSA) is 40.1 Å². The number of hydrogen-bond donors (Lipinski definition) is 1. The molecule has 0 aromatic heterocycles. The fraction of sp³-hybridized carbons (Fsp3) is 0.952. The van der Waals surface area contributed by atoms with Crippen LogP contribution in [0.3, 0.4) is 0 Å². The zero-order chi connectivity index (χ0) is 19.4. The molecule has 0 radical (unpaired) electrons. The Morgan fingerprint density at radius 2 is 1.70 bits per heavy atom. The second kappa shape index (κ2) is 10.6. The lowest BCUT2D eigenvalue weighted by atomic mass is 9.93. The van der Waals surface area contributed by atoms with Gasteiger partial charge in [0.15, 0.2) is 5.96 Å². The van der Waals surface area contributed by atoms with Gasteiger partial charge < -0.3 is 15.0 Å². The highest BCUT2D eigenvalue weighted by molar-refractivity contribution is 14.0. The van der Waals surface area contributed by atoms with Crippen LogP contribution in [0.25, 0.3) is 0 Å². The lowest BCUT2D eigenvalue weighted by Gasteiger charge is -2.44. The molecule has 2 heterocycles. The second-order valence-corrected chi connectivity index (χ2v) is 9.82. The molecular formula is C21H43IN4O. The molecule has 1 atom stereocenters. The molecule has 0 amide bonds. The Bertz CT molecular complexity index is 467. The first-order valence-electron chi connectivity index (χ1n) is 10.5. The van der Waals surface area contributed by atoms with Gasteiger partial charge in [-0.1, -0.05) is 6.92 Å². The third kappa shape index (κ3) is 8.05. The maximum absolute atomic E-state index is 6.15. The minimum Gasteiger partial charge on any atom is -0.372 e. The standard InChI is InChI=1S/C21H42N4O.HI/c1-17-9-8-12-25(15-17)21(5,6)16-23-19(22-7)24-13-10-18(11-14-24)26-20(2,3)4;/h17-18H,8-16H2,1-7H3,(H,22,23);1H. The van der Waals surface area contributed by atoms with Gasteiger partial charge in [-0.15, -0.1) is 24.0 Å². The first-order chi connectivity index (χ1) is 12.1. The van der Waals surface area contributed by atoms with E-state index in [2.05, 4.69) is 61.7 Å². The third-order valence-corrected chi connectivity index (χ3v) is 5.67. The number of ether oxygens (including phenoxy) is 1. The van der Waals surface area contributed by atoms with Crippen molar-refractivity contribution in [3.05, 3.63) is 0 Å². The van der Waals surface area contributed by atoms with E-state index in [1.54, 1.807) is 0 Å². The third-order valence-electron chi connectivity index (χ3n) is 5.67. The predicted molar refractivity (Wildman–Crippen MR) is 126 cm³/mol. The van der Waals surface area contributed by atoms with Gasteiger partial charge in [-0.2, -0.15) is 0 Å². The van der Waals surface area contributed by atoms with Gasteiger partial charge in [-0.05, 0) is 72.8 Å². The molecule has 0 aromatic carbocycles. The van der Waals surface area contributed by atoms with Gasteiger partial charge in [-0.25, -0.2) is 0 Å². The average Bonchev–Trinajstić information content (AvgIpc) is 2.55. The zero-order valence-corrected chi connectivity index (χ0v) is 21.0. The van der Waals surface area contributed by atoms with Gasteiger partial charge in [-0.3, -0.25) is 9.89 Å². The Hall–Kier alpha value is -0.0800. The van der Waals surface area contributed by atoms with Crippen molar-refractivity contribution in [3.8, 4) is 0 Å². The van der Waals surface area contributed by atoms with E-state index >= 15 is 0 Å². The maximum Gasteiger partial charge on any atom is 0.193 e. The largest absolute Gasteiger partial charge is 0.372 e. The van der Waals surface area contributed by atoms with E-state index in [-0.39, 0.29) is 35.1 Å². The van der Waals surface area contributed by atoms with Crippen LogP contribution in [-0.4, -0.2) is 72.8 Å². The van der Waals surface area contributed by atoms with Crippen LogP contribution in [0.2, 0.25) is 0 Å². The number of nitrogens with zero attached hydrogens (tertiary/aromatic N) is 3. The van der Waals surface area contributed by atoms with Crippen LogP contribution >= 0.6 is 24.0 Å². The Morgan fingerprint density at radius 1 is 1.07 bits per heavy atom. The fourth-order valence-electron chi connectivity index (χ4n) is 4.16. The molecule has 0 bridgehead atoms. The van der Waals surface area contributed by atoms with Gasteiger partial charge >= 0.3 is 0 Å². The fourth-order valence-corrected chi connectivity index (χ4v) is 4.16.